The number of anilines is 1. The van der Waals surface area contributed by atoms with Gasteiger partial charge in [-0.25, -0.2) is 4.68 Å². The summed E-state index contributed by atoms with van der Waals surface area (Å²) in [5.41, 5.74) is 3.57. The van der Waals surface area contributed by atoms with E-state index in [1.807, 2.05) is 10.7 Å². The normalized spacial score (nSPS) is 17.8. The number of tetrazole rings is 1. The molecule has 7 nitrogen and oxygen atoms in total. The quantitative estimate of drug-likeness (QED) is 0.706. The van der Waals surface area contributed by atoms with Crippen molar-refractivity contribution in [2.75, 3.05) is 38.2 Å². The summed E-state index contributed by atoms with van der Waals surface area (Å²) in [5, 5.41) is 21.7. The van der Waals surface area contributed by atoms with E-state index < -0.39 is 0 Å². The van der Waals surface area contributed by atoms with Gasteiger partial charge in [-0.05, 0) is 40.6 Å². The smallest absolute Gasteiger partial charge is 0.245 e. The first-order valence-corrected chi connectivity index (χ1v) is 9.71. The second kappa shape index (κ2) is 8.50. The lowest BCUT2D eigenvalue weighted by Crippen LogP contribution is -2.52. The Morgan fingerprint density at radius 2 is 1.75 bits per heavy atom. The summed E-state index contributed by atoms with van der Waals surface area (Å²) in [4.78, 5) is 4.52. The molecule has 2 heterocycles. The Kier molecular flexibility index (Phi) is 5.64. The van der Waals surface area contributed by atoms with Crippen molar-refractivity contribution in [1.82, 2.24) is 25.1 Å². The number of aliphatic hydroxyl groups excluding tert-OH is 1. The lowest BCUT2D eigenvalue weighted by Gasteiger charge is -2.39. The Labute approximate surface area is 165 Å². The molecule has 146 valence electrons. The molecule has 1 aromatic heterocycles. The van der Waals surface area contributed by atoms with Crippen LogP contribution in [-0.2, 0) is 6.54 Å². The summed E-state index contributed by atoms with van der Waals surface area (Å²) in [7, 11) is 2.11. The zero-order valence-corrected chi connectivity index (χ0v) is 16.1. The molecule has 0 amide bonds. The molecule has 1 N–H and O–H groups in total. The first-order chi connectivity index (χ1) is 13.7. The van der Waals surface area contributed by atoms with Crippen molar-refractivity contribution >= 4 is 5.95 Å². The van der Waals surface area contributed by atoms with Crippen molar-refractivity contribution in [3.63, 3.8) is 0 Å². The number of benzene rings is 2. The Balaban J connectivity index is 1.47. The summed E-state index contributed by atoms with van der Waals surface area (Å²) in [6.45, 7) is 3.47. The molecule has 1 aliphatic rings. The van der Waals surface area contributed by atoms with E-state index in [4.69, 9.17) is 0 Å². The van der Waals surface area contributed by atoms with Crippen LogP contribution in [0.25, 0.3) is 11.1 Å². The minimum Gasteiger partial charge on any atom is -0.396 e. The van der Waals surface area contributed by atoms with E-state index >= 15 is 0 Å². The molecule has 7 heteroatoms. The van der Waals surface area contributed by atoms with Crippen LogP contribution in [0.4, 0.5) is 5.95 Å². The molecule has 0 spiro atoms. The molecule has 1 aliphatic heterocycles. The highest BCUT2D eigenvalue weighted by Gasteiger charge is 2.27. The van der Waals surface area contributed by atoms with Gasteiger partial charge in [0.15, 0.2) is 0 Å². The van der Waals surface area contributed by atoms with Crippen LogP contribution < -0.4 is 4.90 Å². The van der Waals surface area contributed by atoms with E-state index in [-0.39, 0.29) is 6.61 Å². The van der Waals surface area contributed by atoms with E-state index in [9.17, 15) is 5.11 Å². The third-order valence-corrected chi connectivity index (χ3v) is 5.43. The van der Waals surface area contributed by atoms with Crippen molar-refractivity contribution in [1.29, 1.82) is 0 Å². The topological polar surface area (TPSA) is 70.3 Å². The molecule has 0 saturated carbocycles. The van der Waals surface area contributed by atoms with Crippen LogP contribution in [0.15, 0.2) is 54.6 Å². The lowest BCUT2D eigenvalue weighted by molar-refractivity contribution is 0.169. The Bertz CT molecular complexity index is 879. The van der Waals surface area contributed by atoms with Crippen molar-refractivity contribution < 1.29 is 5.11 Å². The number of piperazine rings is 1. The number of aromatic nitrogens is 4. The monoisotopic (exact) mass is 378 g/mol. The van der Waals surface area contributed by atoms with Crippen LogP contribution in [0.2, 0.25) is 0 Å². The zero-order chi connectivity index (χ0) is 19.3. The SMILES string of the molecule is CN1CCN(c2nnnn2Cc2ccc(-c3ccccc3)cc2)C[C@@H]1CCO. The predicted molar refractivity (Wildman–Crippen MR) is 109 cm³/mol. The van der Waals surface area contributed by atoms with E-state index in [0.717, 1.165) is 37.6 Å². The van der Waals surface area contributed by atoms with E-state index in [1.54, 1.807) is 0 Å². The Hall–Kier alpha value is -2.77. The fourth-order valence-corrected chi connectivity index (χ4v) is 3.72. The van der Waals surface area contributed by atoms with Crippen LogP contribution in [0, 0.1) is 0 Å². The van der Waals surface area contributed by atoms with E-state index in [2.05, 4.69) is 80.9 Å². The first-order valence-electron chi connectivity index (χ1n) is 9.71. The maximum atomic E-state index is 9.32. The van der Waals surface area contributed by atoms with E-state index in [1.165, 1.54) is 11.1 Å². The van der Waals surface area contributed by atoms with Gasteiger partial charge in [-0.1, -0.05) is 59.7 Å². The minimum atomic E-state index is 0.196. The van der Waals surface area contributed by atoms with Gasteiger partial charge in [-0.2, -0.15) is 0 Å². The Morgan fingerprint density at radius 3 is 2.50 bits per heavy atom. The fraction of sp³-hybridized carbons (Fsp3) is 0.381. The molecule has 3 aromatic rings. The molecule has 4 rings (SSSR count). The molecule has 0 bridgehead atoms. The van der Waals surface area contributed by atoms with Gasteiger partial charge in [0.1, 0.15) is 0 Å². The number of nitrogens with zero attached hydrogens (tertiary/aromatic N) is 6. The summed E-state index contributed by atoms with van der Waals surface area (Å²) in [6.07, 6.45) is 0.759. The summed E-state index contributed by atoms with van der Waals surface area (Å²) >= 11 is 0. The average molecular weight is 378 g/mol. The third-order valence-electron chi connectivity index (χ3n) is 5.43. The average Bonchev–Trinajstić information content (AvgIpc) is 3.19. The number of hydrogen-bond acceptors (Lipinski definition) is 6. The van der Waals surface area contributed by atoms with Crippen molar-refractivity contribution in [3.8, 4) is 11.1 Å². The van der Waals surface area contributed by atoms with Gasteiger partial charge in [0.25, 0.3) is 0 Å². The highest BCUT2D eigenvalue weighted by atomic mass is 16.3. The molecule has 1 saturated heterocycles. The standard InChI is InChI=1S/C21H26N6O/c1-25-12-13-26(16-20(25)11-14-28)21-22-23-24-27(21)15-17-7-9-19(10-8-17)18-5-3-2-4-6-18/h2-10,20,28H,11-16H2,1H3/t20-/m0/s1. The zero-order valence-electron chi connectivity index (χ0n) is 16.1. The van der Waals surface area contributed by atoms with Crippen LogP contribution in [0.1, 0.15) is 12.0 Å². The molecular formula is C21H26N6O. The van der Waals surface area contributed by atoms with Gasteiger partial charge in [0, 0.05) is 32.3 Å². The lowest BCUT2D eigenvalue weighted by atomic mass is 10.0. The summed E-state index contributed by atoms with van der Waals surface area (Å²) in [5.74, 6) is 0.795. The van der Waals surface area contributed by atoms with Crippen LogP contribution in [-0.4, -0.2) is 69.5 Å². The summed E-state index contributed by atoms with van der Waals surface area (Å²) in [6, 6.07) is 19.2. The van der Waals surface area contributed by atoms with Crippen molar-refractivity contribution in [2.45, 2.75) is 19.0 Å². The molecule has 2 aromatic carbocycles. The van der Waals surface area contributed by atoms with Gasteiger partial charge in [0.05, 0.1) is 6.54 Å². The second-order valence-electron chi connectivity index (χ2n) is 7.29. The van der Waals surface area contributed by atoms with Crippen LogP contribution in [0.5, 0.6) is 0 Å². The predicted octanol–water partition coefficient (Wildman–Crippen LogP) is 1.89. The highest BCUT2D eigenvalue weighted by Crippen LogP contribution is 2.21. The first kappa shape index (κ1) is 18.6. The maximum absolute atomic E-state index is 9.32. The van der Waals surface area contributed by atoms with E-state index in [0.29, 0.717) is 12.6 Å². The summed E-state index contributed by atoms with van der Waals surface area (Å²) < 4.78 is 1.86. The number of aliphatic hydroxyl groups is 1. The fourth-order valence-electron chi connectivity index (χ4n) is 3.72. The highest BCUT2D eigenvalue weighted by molar-refractivity contribution is 5.63. The van der Waals surface area contributed by atoms with Crippen LogP contribution in [0.3, 0.4) is 0 Å². The van der Waals surface area contributed by atoms with Gasteiger partial charge in [-0.3, -0.25) is 4.90 Å². The van der Waals surface area contributed by atoms with Gasteiger partial charge >= 0.3 is 0 Å². The maximum Gasteiger partial charge on any atom is 0.245 e. The minimum absolute atomic E-state index is 0.196. The van der Waals surface area contributed by atoms with Gasteiger partial charge in [0.2, 0.25) is 5.95 Å². The van der Waals surface area contributed by atoms with Gasteiger partial charge < -0.3 is 10.0 Å². The molecule has 0 aliphatic carbocycles. The van der Waals surface area contributed by atoms with Crippen LogP contribution >= 0.6 is 0 Å². The number of rotatable bonds is 6. The van der Waals surface area contributed by atoms with Crippen molar-refractivity contribution in [2.24, 2.45) is 0 Å². The molecule has 1 fully saturated rings. The second-order valence-corrected chi connectivity index (χ2v) is 7.29. The largest absolute Gasteiger partial charge is 0.396 e. The molecule has 0 radical (unpaired) electrons. The number of hydrogen-bond donors (Lipinski definition) is 1. The third kappa shape index (κ3) is 4.05. The molecule has 1 atom stereocenters. The number of likely N-dealkylation sites (N-methyl/N-ethyl adjacent to an activating group) is 1. The molecular weight excluding hydrogens is 352 g/mol. The Morgan fingerprint density at radius 1 is 1.00 bits per heavy atom. The molecule has 0 unspecified atom stereocenters. The van der Waals surface area contributed by atoms with Gasteiger partial charge in [-0.15, -0.1) is 0 Å². The molecule has 28 heavy (non-hydrogen) atoms. The van der Waals surface area contributed by atoms with Crippen molar-refractivity contribution in [3.05, 3.63) is 60.2 Å².